The van der Waals surface area contributed by atoms with Crippen LogP contribution in [0.2, 0.25) is 0 Å². The summed E-state index contributed by atoms with van der Waals surface area (Å²) >= 11 is 0. The first-order valence-electron chi connectivity index (χ1n) is 7.60. The monoisotopic (exact) mass is 319 g/mol. The highest BCUT2D eigenvalue weighted by Crippen LogP contribution is 2.28. The van der Waals surface area contributed by atoms with E-state index in [0.717, 1.165) is 21.8 Å². The fourth-order valence-electron chi connectivity index (χ4n) is 2.88. The van der Waals surface area contributed by atoms with Gasteiger partial charge >= 0.3 is 0 Å². The van der Waals surface area contributed by atoms with E-state index in [2.05, 4.69) is 15.3 Å². The molecule has 1 amide bonds. The summed E-state index contributed by atoms with van der Waals surface area (Å²) in [6, 6.07) is 15.9. The number of carbonyl (C=O) groups excluding carboxylic acids is 1. The lowest BCUT2D eigenvalue weighted by Gasteiger charge is -2.06. The second-order valence-electron chi connectivity index (χ2n) is 5.61. The van der Waals surface area contributed by atoms with E-state index in [0.29, 0.717) is 11.4 Å². The van der Waals surface area contributed by atoms with Crippen molar-refractivity contribution in [3.63, 3.8) is 0 Å². The number of aromatic nitrogens is 2. The van der Waals surface area contributed by atoms with E-state index >= 15 is 0 Å². The number of para-hydroxylation sites is 1. The predicted molar refractivity (Wildman–Crippen MR) is 92.3 cm³/mol. The smallest absolute Gasteiger partial charge is 0.230 e. The molecule has 0 unspecified atom stereocenters. The second kappa shape index (κ2) is 5.77. The zero-order valence-corrected chi connectivity index (χ0v) is 12.7. The number of rotatable bonds is 3. The van der Waals surface area contributed by atoms with Crippen molar-refractivity contribution in [2.75, 3.05) is 5.32 Å². The molecule has 0 radical (unpaired) electrons. The van der Waals surface area contributed by atoms with E-state index < -0.39 is 0 Å². The largest absolute Gasteiger partial charge is 0.351 e. The van der Waals surface area contributed by atoms with Gasteiger partial charge in [0.05, 0.1) is 11.9 Å². The maximum Gasteiger partial charge on any atom is 0.230 e. The number of nitrogens with zero attached hydrogens (tertiary/aromatic N) is 1. The molecule has 0 atom stereocenters. The van der Waals surface area contributed by atoms with Gasteiger partial charge in [0.25, 0.3) is 0 Å². The number of hydrogen-bond donors (Lipinski definition) is 2. The fraction of sp³-hybridized carbons (Fsp3) is 0.0526. The summed E-state index contributed by atoms with van der Waals surface area (Å²) in [4.78, 5) is 19.8. The Kier molecular flexibility index (Phi) is 3.46. The highest BCUT2D eigenvalue weighted by Gasteiger charge is 2.12. The van der Waals surface area contributed by atoms with Gasteiger partial charge in [-0.2, -0.15) is 0 Å². The van der Waals surface area contributed by atoms with Crippen molar-refractivity contribution in [3.05, 3.63) is 72.2 Å². The summed E-state index contributed by atoms with van der Waals surface area (Å²) in [6.07, 6.45) is 1.76. The van der Waals surface area contributed by atoms with Crippen LogP contribution in [0.4, 0.5) is 10.2 Å². The quantitative estimate of drug-likeness (QED) is 0.599. The number of carbonyl (C=O) groups is 1. The molecule has 0 spiro atoms. The molecule has 0 saturated heterocycles. The Balaban J connectivity index is 1.65. The highest BCUT2D eigenvalue weighted by molar-refractivity contribution is 6.12. The molecule has 4 nitrogen and oxygen atoms in total. The van der Waals surface area contributed by atoms with Gasteiger partial charge < -0.3 is 10.3 Å². The molecule has 2 N–H and O–H groups in total. The number of aromatic amines is 1. The molecule has 0 aliphatic rings. The zero-order valence-electron chi connectivity index (χ0n) is 12.7. The summed E-state index contributed by atoms with van der Waals surface area (Å²) in [7, 11) is 0. The number of amides is 1. The minimum atomic E-state index is -0.351. The number of benzene rings is 2. The molecular formula is C19H14FN3O. The molecular weight excluding hydrogens is 305 g/mol. The van der Waals surface area contributed by atoms with Gasteiger partial charge in [0, 0.05) is 22.5 Å². The van der Waals surface area contributed by atoms with Gasteiger partial charge in [-0.05, 0) is 29.8 Å². The number of pyridine rings is 1. The number of nitrogens with one attached hydrogen (secondary N) is 2. The number of halogens is 1. The molecule has 2 aromatic carbocycles. The summed E-state index contributed by atoms with van der Waals surface area (Å²) in [5.41, 5.74) is 2.39. The number of fused-ring (bicyclic) bond motifs is 3. The van der Waals surface area contributed by atoms with Crippen molar-refractivity contribution in [1.29, 1.82) is 0 Å². The van der Waals surface area contributed by atoms with Crippen LogP contribution in [0.15, 0.2) is 60.8 Å². The maximum absolute atomic E-state index is 13.2. The van der Waals surface area contributed by atoms with E-state index in [1.807, 2.05) is 30.3 Å². The third-order valence-corrected chi connectivity index (χ3v) is 3.94. The van der Waals surface area contributed by atoms with E-state index in [1.54, 1.807) is 18.3 Å². The van der Waals surface area contributed by atoms with Crippen LogP contribution in [0.5, 0.6) is 0 Å². The Morgan fingerprint density at radius 3 is 2.83 bits per heavy atom. The van der Waals surface area contributed by atoms with Crippen molar-refractivity contribution in [1.82, 2.24) is 9.97 Å². The first-order valence-corrected chi connectivity index (χ1v) is 7.60. The summed E-state index contributed by atoms with van der Waals surface area (Å²) < 4.78 is 13.2. The Labute approximate surface area is 137 Å². The van der Waals surface area contributed by atoms with Crippen molar-refractivity contribution < 1.29 is 9.18 Å². The number of H-pyrrole nitrogens is 1. The summed E-state index contributed by atoms with van der Waals surface area (Å²) in [5.74, 6) is -0.111. The van der Waals surface area contributed by atoms with Crippen LogP contribution in [-0.4, -0.2) is 15.9 Å². The normalized spacial score (nSPS) is 11.0. The molecule has 2 heterocycles. The van der Waals surface area contributed by atoms with E-state index in [-0.39, 0.29) is 18.1 Å². The van der Waals surface area contributed by atoms with Crippen molar-refractivity contribution in [2.24, 2.45) is 0 Å². The summed E-state index contributed by atoms with van der Waals surface area (Å²) in [6.45, 7) is 0. The molecule has 0 saturated carbocycles. The van der Waals surface area contributed by atoms with Crippen molar-refractivity contribution in [3.8, 4) is 0 Å². The topological polar surface area (TPSA) is 57.8 Å². The third kappa shape index (κ3) is 2.60. The number of hydrogen-bond acceptors (Lipinski definition) is 2. The van der Waals surface area contributed by atoms with Crippen molar-refractivity contribution in [2.45, 2.75) is 6.42 Å². The first kappa shape index (κ1) is 14.4. The van der Waals surface area contributed by atoms with Gasteiger partial charge in [0.15, 0.2) is 5.82 Å². The minimum Gasteiger partial charge on any atom is -0.351 e. The van der Waals surface area contributed by atoms with Crippen molar-refractivity contribution >= 4 is 33.5 Å². The molecule has 0 fully saturated rings. The molecule has 0 aliphatic carbocycles. The minimum absolute atomic E-state index is 0.0933. The average Bonchev–Trinajstić information content (AvgIpc) is 2.95. The lowest BCUT2D eigenvalue weighted by Crippen LogP contribution is -2.15. The number of anilines is 1. The third-order valence-electron chi connectivity index (χ3n) is 3.94. The van der Waals surface area contributed by atoms with Crippen LogP contribution >= 0.6 is 0 Å². The Morgan fingerprint density at radius 2 is 1.96 bits per heavy atom. The molecule has 24 heavy (non-hydrogen) atoms. The van der Waals surface area contributed by atoms with Gasteiger partial charge in [-0.25, -0.2) is 9.37 Å². The highest BCUT2D eigenvalue weighted by atomic mass is 19.1. The van der Waals surface area contributed by atoms with Gasteiger partial charge in [0.1, 0.15) is 5.82 Å². The Hall–Kier alpha value is -3.21. The van der Waals surface area contributed by atoms with E-state index in [9.17, 15) is 9.18 Å². The SMILES string of the molecule is O=C(Cc1cccc(F)c1)Nc1nccc2c1[nH]c1ccccc12. The molecule has 5 heteroatoms. The molecule has 118 valence electrons. The van der Waals surface area contributed by atoms with Crippen LogP contribution in [0, 0.1) is 5.82 Å². The van der Waals surface area contributed by atoms with Gasteiger partial charge in [0.2, 0.25) is 5.91 Å². The zero-order chi connectivity index (χ0) is 16.5. The Bertz CT molecular complexity index is 1050. The van der Waals surface area contributed by atoms with E-state index in [1.165, 1.54) is 12.1 Å². The van der Waals surface area contributed by atoms with E-state index in [4.69, 9.17) is 0 Å². The van der Waals surface area contributed by atoms with Gasteiger partial charge in [-0.15, -0.1) is 0 Å². The standard InChI is InChI=1S/C19H14FN3O/c20-13-5-3-4-12(10-13)11-17(24)23-19-18-15(8-9-21-19)14-6-1-2-7-16(14)22-18/h1-10,22H,11H2,(H,21,23,24). The van der Waals surface area contributed by atoms with Crippen LogP contribution in [0.25, 0.3) is 21.8 Å². The van der Waals surface area contributed by atoms with Crippen LogP contribution < -0.4 is 5.32 Å². The predicted octanol–water partition coefficient (Wildman–Crippen LogP) is 4.04. The maximum atomic E-state index is 13.2. The average molecular weight is 319 g/mol. The fourth-order valence-corrected chi connectivity index (χ4v) is 2.88. The van der Waals surface area contributed by atoms with Crippen LogP contribution in [-0.2, 0) is 11.2 Å². The molecule has 4 rings (SSSR count). The van der Waals surface area contributed by atoms with Crippen LogP contribution in [0.1, 0.15) is 5.56 Å². The molecule has 0 bridgehead atoms. The first-order chi connectivity index (χ1) is 11.7. The van der Waals surface area contributed by atoms with Gasteiger partial charge in [-0.1, -0.05) is 30.3 Å². The molecule has 0 aliphatic heterocycles. The lowest BCUT2D eigenvalue weighted by atomic mass is 10.1. The second-order valence-corrected chi connectivity index (χ2v) is 5.61. The van der Waals surface area contributed by atoms with Crippen LogP contribution in [0.3, 0.4) is 0 Å². The molecule has 4 aromatic rings. The van der Waals surface area contributed by atoms with Gasteiger partial charge in [-0.3, -0.25) is 4.79 Å². The Morgan fingerprint density at radius 1 is 1.08 bits per heavy atom. The molecule has 2 aromatic heterocycles. The lowest BCUT2D eigenvalue weighted by molar-refractivity contribution is -0.115. The summed E-state index contributed by atoms with van der Waals surface area (Å²) in [5, 5.41) is 4.89.